The molecule has 0 aliphatic carbocycles. The molecule has 1 aromatic heterocycles. The monoisotopic (exact) mass is 449 g/mol. The molecular weight excluding hydrogens is 418 g/mol. The van der Waals surface area contributed by atoms with E-state index in [0.717, 1.165) is 40.8 Å². The summed E-state index contributed by atoms with van der Waals surface area (Å²) in [5, 5.41) is 0.915. The summed E-state index contributed by atoms with van der Waals surface area (Å²) in [4.78, 5) is 19.6. The van der Waals surface area contributed by atoms with Crippen molar-refractivity contribution in [3.63, 3.8) is 0 Å². The van der Waals surface area contributed by atoms with Gasteiger partial charge in [0.25, 0.3) is 0 Å². The molecule has 0 unspecified atom stereocenters. The third kappa shape index (κ3) is 4.82. The maximum Gasteiger partial charge on any atom is 0.222 e. The van der Waals surface area contributed by atoms with Gasteiger partial charge in [0.2, 0.25) is 5.91 Å². The highest BCUT2D eigenvalue weighted by Gasteiger charge is 2.26. The molecule has 174 valence electrons. The second-order valence-electron chi connectivity index (χ2n) is 8.33. The molecule has 2 heterocycles. The van der Waals surface area contributed by atoms with Gasteiger partial charge in [-0.15, -0.1) is 0 Å². The number of aromatic nitrogens is 1. The summed E-state index contributed by atoms with van der Waals surface area (Å²) in [6.07, 6.45) is 2.84. The van der Waals surface area contributed by atoms with Crippen LogP contribution in [-0.4, -0.2) is 50.2 Å². The number of carbonyl (C=O) groups is 1. The first-order chi connectivity index (χ1) is 16.0. The Hall–Kier alpha value is -3.48. The molecule has 0 saturated carbocycles. The van der Waals surface area contributed by atoms with Crippen LogP contribution in [0.3, 0.4) is 0 Å². The van der Waals surface area contributed by atoms with Crippen LogP contribution in [0, 0.1) is 0 Å². The number of methoxy groups -OCH3 is 3. The highest BCUT2D eigenvalue weighted by molar-refractivity contribution is 5.86. The Morgan fingerprint density at radius 2 is 1.67 bits per heavy atom. The van der Waals surface area contributed by atoms with Crippen LogP contribution >= 0.6 is 0 Å². The molecular formula is C26H31N3O4. The molecule has 7 nitrogen and oxygen atoms in total. The number of hydrogen-bond acceptors (Lipinski definition) is 6. The molecule has 1 aliphatic heterocycles. The number of nitrogens with two attached hydrogens (primary N) is 1. The molecule has 2 aromatic carbocycles. The van der Waals surface area contributed by atoms with Gasteiger partial charge in [0.1, 0.15) is 5.75 Å². The van der Waals surface area contributed by atoms with Crippen molar-refractivity contribution < 1.29 is 19.0 Å². The maximum absolute atomic E-state index is 12.8. The second-order valence-corrected chi connectivity index (χ2v) is 8.33. The first-order valence-corrected chi connectivity index (χ1v) is 11.3. The zero-order valence-electron chi connectivity index (χ0n) is 19.5. The van der Waals surface area contributed by atoms with Crippen molar-refractivity contribution in [2.24, 2.45) is 0 Å². The summed E-state index contributed by atoms with van der Waals surface area (Å²) in [5.41, 5.74) is 9.85. The molecule has 0 bridgehead atoms. The van der Waals surface area contributed by atoms with Crippen molar-refractivity contribution in [2.75, 3.05) is 40.2 Å². The topological polar surface area (TPSA) is 86.9 Å². The fourth-order valence-electron chi connectivity index (χ4n) is 4.57. The van der Waals surface area contributed by atoms with Crippen LogP contribution in [0.4, 0.5) is 5.69 Å². The SMILES string of the molecule is COc1ccccc1CCC(=O)N1CCC(c2nc3cc(OC)c(OC)cc3cc2N)CC1. The van der Waals surface area contributed by atoms with Crippen molar-refractivity contribution in [1.82, 2.24) is 9.88 Å². The number of fused-ring (bicyclic) bond motifs is 1. The number of hydrogen-bond donors (Lipinski definition) is 1. The number of carbonyl (C=O) groups excluding carboxylic acids is 1. The van der Waals surface area contributed by atoms with E-state index < -0.39 is 0 Å². The summed E-state index contributed by atoms with van der Waals surface area (Å²) in [6.45, 7) is 1.42. The average Bonchev–Trinajstić information content (AvgIpc) is 2.86. The lowest BCUT2D eigenvalue weighted by molar-refractivity contribution is -0.132. The van der Waals surface area contributed by atoms with Gasteiger partial charge < -0.3 is 24.8 Å². The third-order valence-electron chi connectivity index (χ3n) is 6.42. The van der Waals surface area contributed by atoms with Gasteiger partial charge in [-0.2, -0.15) is 0 Å². The van der Waals surface area contributed by atoms with Gasteiger partial charge >= 0.3 is 0 Å². The number of benzene rings is 2. The number of amides is 1. The molecule has 0 radical (unpaired) electrons. The minimum Gasteiger partial charge on any atom is -0.496 e. The van der Waals surface area contributed by atoms with Crippen molar-refractivity contribution >= 4 is 22.5 Å². The van der Waals surface area contributed by atoms with E-state index in [1.807, 2.05) is 47.4 Å². The number of piperidine rings is 1. The number of nitrogen functional groups attached to an aromatic ring is 1. The number of pyridine rings is 1. The van der Waals surface area contributed by atoms with Crippen molar-refractivity contribution in [3.05, 3.63) is 53.7 Å². The molecule has 7 heteroatoms. The molecule has 1 aliphatic rings. The number of aryl methyl sites for hydroxylation is 1. The van der Waals surface area contributed by atoms with Crippen molar-refractivity contribution in [3.8, 4) is 17.2 Å². The van der Waals surface area contributed by atoms with E-state index in [2.05, 4.69) is 0 Å². The van der Waals surface area contributed by atoms with E-state index in [1.165, 1.54) is 0 Å². The lowest BCUT2D eigenvalue weighted by Crippen LogP contribution is -2.38. The minimum atomic E-state index is 0.177. The van der Waals surface area contributed by atoms with Crippen LogP contribution in [-0.2, 0) is 11.2 Å². The lowest BCUT2D eigenvalue weighted by Gasteiger charge is -2.32. The average molecular weight is 450 g/mol. The Kier molecular flexibility index (Phi) is 6.87. The van der Waals surface area contributed by atoms with Crippen molar-refractivity contribution in [1.29, 1.82) is 0 Å². The van der Waals surface area contributed by atoms with E-state index in [1.54, 1.807) is 21.3 Å². The second kappa shape index (κ2) is 9.98. The first-order valence-electron chi connectivity index (χ1n) is 11.3. The third-order valence-corrected chi connectivity index (χ3v) is 6.42. The number of rotatable bonds is 7. The molecule has 0 spiro atoms. The molecule has 2 N–H and O–H groups in total. The van der Waals surface area contributed by atoms with E-state index in [0.29, 0.717) is 43.1 Å². The first kappa shape index (κ1) is 22.7. The molecule has 1 saturated heterocycles. The van der Waals surface area contributed by atoms with Gasteiger partial charge in [-0.25, -0.2) is 0 Å². The van der Waals surface area contributed by atoms with E-state index in [9.17, 15) is 4.79 Å². The predicted octanol–water partition coefficient (Wildman–Crippen LogP) is 4.18. The van der Waals surface area contributed by atoms with Crippen LogP contribution in [0.15, 0.2) is 42.5 Å². The van der Waals surface area contributed by atoms with Crippen LogP contribution < -0.4 is 19.9 Å². The highest BCUT2D eigenvalue weighted by atomic mass is 16.5. The fourth-order valence-corrected chi connectivity index (χ4v) is 4.57. The quantitative estimate of drug-likeness (QED) is 0.582. The van der Waals surface area contributed by atoms with Crippen molar-refractivity contribution in [2.45, 2.75) is 31.6 Å². The summed E-state index contributed by atoms with van der Waals surface area (Å²) < 4.78 is 16.2. The van der Waals surface area contributed by atoms with Gasteiger partial charge in [-0.3, -0.25) is 9.78 Å². The molecule has 1 fully saturated rings. The summed E-state index contributed by atoms with van der Waals surface area (Å²) in [6, 6.07) is 13.6. The zero-order chi connectivity index (χ0) is 23.4. The predicted molar refractivity (Wildman–Crippen MR) is 129 cm³/mol. The molecule has 3 aromatic rings. The Bertz CT molecular complexity index is 1140. The summed E-state index contributed by atoms with van der Waals surface area (Å²) in [7, 11) is 4.88. The maximum atomic E-state index is 12.8. The van der Waals surface area contributed by atoms with Crippen LogP contribution in [0.1, 0.15) is 36.4 Å². The van der Waals surface area contributed by atoms with E-state index >= 15 is 0 Å². The molecule has 4 rings (SSSR count). The Morgan fingerprint density at radius 3 is 2.36 bits per heavy atom. The Morgan fingerprint density at radius 1 is 1.00 bits per heavy atom. The molecule has 0 atom stereocenters. The van der Waals surface area contributed by atoms with E-state index in [-0.39, 0.29) is 11.8 Å². The molecule has 33 heavy (non-hydrogen) atoms. The van der Waals surface area contributed by atoms with Crippen LogP contribution in [0.25, 0.3) is 10.9 Å². The van der Waals surface area contributed by atoms with Gasteiger partial charge in [-0.1, -0.05) is 18.2 Å². The minimum absolute atomic E-state index is 0.177. The number of nitrogens with zero attached hydrogens (tertiary/aromatic N) is 2. The summed E-state index contributed by atoms with van der Waals surface area (Å²) >= 11 is 0. The lowest BCUT2D eigenvalue weighted by atomic mass is 9.91. The number of para-hydroxylation sites is 1. The van der Waals surface area contributed by atoms with Gasteiger partial charge in [0.15, 0.2) is 11.5 Å². The normalized spacial score (nSPS) is 14.3. The summed E-state index contributed by atoms with van der Waals surface area (Å²) in [5.74, 6) is 2.52. The number of anilines is 1. The Balaban J connectivity index is 1.41. The fraction of sp³-hybridized carbons (Fsp3) is 0.385. The largest absolute Gasteiger partial charge is 0.496 e. The highest BCUT2D eigenvalue weighted by Crippen LogP contribution is 2.36. The van der Waals surface area contributed by atoms with Crippen LogP contribution in [0.2, 0.25) is 0 Å². The Labute approximate surface area is 194 Å². The molecule has 1 amide bonds. The van der Waals surface area contributed by atoms with E-state index in [4.69, 9.17) is 24.9 Å². The standard InChI is InChI=1S/C26H31N3O4/c1-31-22-7-5-4-6-17(22)8-9-25(30)29-12-10-18(11-13-29)26-20(27)14-19-15-23(32-2)24(33-3)16-21(19)28-26/h4-7,14-16,18H,8-13,27H2,1-3H3. The smallest absolute Gasteiger partial charge is 0.222 e. The van der Waals surface area contributed by atoms with Gasteiger partial charge in [0.05, 0.1) is 38.2 Å². The van der Waals surface area contributed by atoms with Gasteiger partial charge in [0, 0.05) is 36.9 Å². The number of likely N-dealkylation sites (tertiary alicyclic amines) is 1. The zero-order valence-corrected chi connectivity index (χ0v) is 19.5. The van der Waals surface area contributed by atoms with Gasteiger partial charge in [-0.05, 0) is 43.0 Å². The van der Waals surface area contributed by atoms with Crippen LogP contribution in [0.5, 0.6) is 17.2 Å². The number of ether oxygens (including phenoxy) is 3.